The van der Waals surface area contributed by atoms with Crippen molar-refractivity contribution in [2.45, 2.75) is 6.92 Å². The molecule has 3 aromatic heterocycles. The SMILES string of the molecule is C#C/C=C\C(=C/C)c1nc(-c2ccccc2)nc(-c2cccc(-c3nc4ccccc4n3-c3cccnc3)c2)n1. The number of terminal acetylenes is 1. The van der Waals surface area contributed by atoms with Crippen molar-refractivity contribution < 1.29 is 0 Å². The molecule has 3 aromatic carbocycles. The Morgan fingerprint density at radius 2 is 1.52 bits per heavy atom. The topological polar surface area (TPSA) is 69.4 Å². The van der Waals surface area contributed by atoms with Crippen LogP contribution >= 0.6 is 0 Å². The summed E-state index contributed by atoms with van der Waals surface area (Å²) in [7, 11) is 0. The molecule has 0 aliphatic carbocycles. The molecule has 0 saturated heterocycles. The van der Waals surface area contributed by atoms with Gasteiger partial charge >= 0.3 is 0 Å². The first-order chi connectivity index (χ1) is 19.7. The van der Waals surface area contributed by atoms with Crippen LogP contribution < -0.4 is 0 Å². The Morgan fingerprint density at radius 3 is 2.30 bits per heavy atom. The summed E-state index contributed by atoms with van der Waals surface area (Å²) in [6, 6.07) is 30.0. The van der Waals surface area contributed by atoms with Crippen LogP contribution in [0.25, 0.3) is 56.5 Å². The van der Waals surface area contributed by atoms with Crippen molar-refractivity contribution in [3.8, 4) is 52.2 Å². The molecule has 0 saturated carbocycles. The molecule has 0 unspecified atom stereocenters. The molecular weight excluding hydrogens is 492 g/mol. The number of allylic oxidation sites excluding steroid dienone is 4. The molecule has 0 atom stereocenters. The number of nitrogens with zero attached hydrogens (tertiary/aromatic N) is 6. The van der Waals surface area contributed by atoms with Crippen LogP contribution in [0.5, 0.6) is 0 Å². The standard InChI is InChI=1S/C34H24N6/c1-3-5-13-24(4-2)31-37-32(25-14-7-6-8-15-25)39-33(38-31)26-16-11-17-27(22-26)34-36-29-19-9-10-20-30(29)40(34)28-18-12-21-35-23-28/h1,4-23H,2H3/b13-5-,24-4+. The number of benzene rings is 3. The van der Waals surface area contributed by atoms with Gasteiger partial charge in [-0.1, -0.05) is 72.7 Å². The maximum Gasteiger partial charge on any atom is 0.164 e. The first-order valence-corrected chi connectivity index (χ1v) is 12.8. The molecule has 0 bridgehead atoms. The zero-order valence-electron chi connectivity index (χ0n) is 21.8. The average Bonchev–Trinajstić information content (AvgIpc) is 3.42. The number of imidazole rings is 1. The predicted molar refractivity (Wildman–Crippen MR) is 160 cm³/mol. The van der Waals surface area contributed by atoms with Gasteiger partial charge in [-0.05, 0) is 49.4 Å². The van der Waals surface area contributed by atoms with Crippen molar-refractivity contribution in [1.29, 1.82) is 0 Å². The van der Waals surface area contributed by atoms with Gasteiger partial charge in [0.05, 0.1) is 22.9 Å². The van der Waals surface area contributed by atoms with Crippen molar-refractivity contribution in [3.63, 3.8) is 0 Å². The first kappa shape index (κ1) is 24.7. The Kier molecular flexibility index (Phi) is 6.77. The lowest BCUT2D eigenvalue weighted by molar-refractivity contribution is 1.04. The summed E-state index contributed by atoms with van der Waals surface area (Å²) in [6.45, 7) is 1.94. The molecule has 6 heteroatoms. The van der Waals surface area contributed by atoms with E-state index < -0.39 is 0 Å². The van der Waals surface area contributed by atoms with Crippen molar-refractivity contribution in [3.05, 3.63) is 127 Å². The summed E-state index contributed by atoms with van der Waals surface area (Å²) in [5.74, 6) is 5.04. The van der Waals surface area contributed by atoms with Gasteiger partial charge in [-0.2, -0.15) is 0 Å². The lowest BCUT2D eigenvalue weighted by atomic mass is 10.1. The van der Waals surface area contributed by atoms with Gasteiger partial charge in [-0.3, -0.25) is 9.55 Å². The molecule has 0 radical (unpaired) electrons. The van der Waals surface area contributed by atoms with E-state index in [1.807, 2.05) is 104 Å². The van der Waals surface area contributed by atoms with Crippen molar-refractivity contribution in [2.24, 2.45) is 0 Å². The average molecular weight is 517 g/mol. The molecule has 6 rings (SSSR count). The molecule has 3 heterocycles. The van der Waals surface area contributed by atoms with Crippen LogP contribution in [0.15, 0.2) is 122 Å². The summed E-state index contributed by atoms with van der Waals surface area (Å²) >= 11 is 0. The highest BCUT2D eigenvalue weighted by molar-refractivity contribution is 5.84. The van der Waals surface area contributed by atoms with Gasteiger partial charge in [0.2, 0.25) is 0 Å². The molecule has 0 aliphatic rings. The Morgan fingerprint density at radius 1 is 0.775 bits per heavy atom. The van der Waals surface area contributed by atoms with E-state index in [0.717, 1.165) is 44.8 Å². The fourth-order valence-corrected chi connectivity index (χ4v) is 4.55. The summed E-state index contributed by atoms with van der Waals surface area (Å²) in [4.78, 5) is 23.9. The third-order valence-corrected chi connectivity index (χ3v) is 6.44. The number of hydrogen-bond donors (Lipinski definition) is 0. The molecule has 0 aliphatic heterocycles. The normalized spacial score (nSPS) is 11.7. The Balaban J connectivity index is 1.53. The molecule has 0 fully saturated rings. The zero-order chi connectivity index (χ0) is 27.3. The van der Waals surface area contributed by atoms with E-state index in [9.17, 15) is 0 Å². The lowest BCUT2D eigenvalue weighted by Crippen LogP contribution is -2.03. The summed E-state index contributed by atoms with van der Waals surface area (Å²) < 4.78 is 2.12. The highest BCUT2D eigenvalue weighted by atomic mass is 15.1. The van der Waals surface area contributed by atoms with E-state index in [4.69, 9.17) is 26.4 Å². The minimum absolute atomic E-state index is 0.547. The Hall–Kier alpha value is -5.67. The second-order valence-electron chi connectivity index (χ2n) is 8.97. The molecule has 0 spiro atoms. The summed E-state index contributed by atoms with van der Waals surface area (Å²) in [6.07, 6.45) is 14.5. The van der Waals surface area contributed by atoms with E-state index in [1.165, 1.54) is 0 Å². The van der Waals surface area contributed by atoms with E-state index in [1.54, 1.807) is 12.3 Å². The number of pyridine rings is 1. The Bertz CT molecular complexity index is 1910. The number of rotatable bonds is 6. The van der Waals surface area contributed by atoms with E-state index in [0.29, 0.717) is 17.5 Å². The molecule has 6 aromatic rings. The van der Waals surface area contributed by atoms with Crippen molar-refractivity contribution in [1.82, 2.24) is 29.5 Å². The molecule has 0 N–H and O–H groups in total. The van der Waals surface area contributed by atoms with Crippen LogP contribution in [0.2, 0.25) is 0 Å². The second kappa shape index (κ2) is 11.0. The number of fused-ring (bicyclic) bond motifs is 1. The molecule has 40 heavy (non-hydrogen) atoms. The number of hydrogen-bond acceptors (Lipinski definition) is 5. The van der Waals surface area contributed by atoms with Gasteiger partial charge < -0.3 is 0 Å². The zero-order valence-corrected chi connectivity index (χ0v) is 21.8. The maximum atomic E-state index is 5.48. The van der Waals surface area contributed by atoms with Crippen LogP contribution in [0.4, 0.5) is 0 Å². The highest BCUT2D eigenvalue weighted by Gasteiger charge is 2.17. The van der Waals surface area contributed by atoms with E-state index in [-0.39, 0.29) is 0 Å². The van der Waals surface area contributed by atoms with E-state index in [2.05, 4.69) is 27.6 Å². The highest BCUT2D eigenvalue weighted by Crippen LogP contribution is 2.31. The van der Waals surface area contributed by atoms with Gasteiger partial charge in [0.25, 0.3) is 0 Å². The molecule has 6 nitrogen and oxygen atoms in total. The fourth-order valence-electron chi connectivity index (χ4n) is 4.55. The van der Waals surface area contributed by atoms with E-state index >= 15 is 0 Å². The monoisotopic (exact) mass is 516 g/mol. The van der Waals surface area contributed by atoms with Crippen LogP contribution in [0.3, 0.4) is 0 Å². The predicted octanol–water partition coefficient (Wildman–Crippen LogP) is 7.20. The minimum Gasteiger partial charge on any atom is -0.291 e. The maximum absolute atomic E-state index is 5.48. The number of para-hydroxylation sites is 2. The van der Waals surface area contributed by atoms with Crippen LogP contribution in [0.1, 0.15) is 12.7 Å². The van der Waals surface area contributed by atoms with Crippen molar-refractivity contribution in [2.75, 3.05) is 0 Å². The quantitative estimate of drug-likeness (QED) is 0.173. The van der Waals surface area contributed by atoms with Gasteiger partial charge in [-0.25, -0.2) is 19.9 Å². The molecular formula is C34H24N6. The van der Waals surface area contributed by atoms with Crippen LogP contribution in [-0.4, -0.2) is 29.5 Å². The van der Waals surface area contributed by atoms with Gasteiger partial charge in [0.15, 0.2) is 17.5 Å². The first-order valence-electron chi connectivity index (χ1n) is 12.8. The smallest absolute Gasteiger partial charge is 0.164 e. The lowest BCUT2D eigenvalue weighted by Gasteiger charge is -2.11. The second-order valence-corrected chi connectivity index (χ2v) is 8.97. The fraction of sp³-hybridized carbons (Fsp3) is 0.0294. The van der Waals surface area contributed by atoms with Gasteiger partial charge in [0.1, 0.15) is 5.82 Å². The van der Waals surface area contributed by atoms with Crippen molar-refractivity contribution >= 4 is 16.6 Å². The third-order valence-electron chi connectivity index (χ3n) is 6.44. The largest absolute Gasteiger partial charge is 0.291 e. The Labute approximate surface area is 232 Å². The van der Waals surface area contributed by atoms with Crippen LogP contribution in [0, 0.1) is 12.3 Å². The van der Waals surface area contributed by atoms with Gasteiger partial charge in [0, 0.05) is 28.5 Å². The number of aromatic nitrogens is 6. The minimum atomic E-state index is 0.547. The molecule has 190 valence electrons. The van der Waals surface area contributed by atoms with Gasteiger partial charge in [-0.15, -0.1) is 6.42 Å². The third kappa shape index (κ3) is 4.80. The summed E-state index contributed by atoms with van der Waals surface area (Å²) in [5.41, 5.74) is 6.33. The van der Waals surface area contributed by atoms with Crippen LogP contribution in [-0.2, 0) is 0 Å². The molecule has 0 amide bonds. The summed E-state index contributed by atoms with van der Waals surface area (Å²) in [5, 5.41) is 0.